The molecule has 0 unspecified atom stereocenters. The number of nitrogens with zero attached hydrogens (tertiary/aromatic N) is 1. The summed E-state index contributed by atoms with van der Waals surface area (Å²) in [6.45, 7) is 2.52. The van der Waals surface area contributed by atoms with Gasteiger partial charge in [0, 0.05) is 16.6 Å². The average Bonchev–Trinajstić information content (AvgIpc) is 3.33. The van der Waals surface area contributed by atoms with E-state index in [2.05, 4.69) is 26.5 Å². The topological polar surface area (TPSA) is 50.7 Å². The summed E-state index contributed by atoms with van der Waals surface area (Å²) in [5, 5.41) is 4.07. The number of benzene rings is 2. The standard InChI is InChI=1S/C19H19BrN2O2/c1-2-24-19(15-9-4-3-5-10-15)12-16(19)18(23)22-21-13-14-8-6-7-11-17(14)20/h3-11,13,16H,2,12H2,1H3,(H,22,23)/b21-13+/t16-,19-/m0/s1. The van der Waals surface area contributed by atoms with Crippen LogP contribution in [0.1, 0.15) is 24.5 Å². The van der Waals surface area contributed by atoms with Gasteiger partial charge < -0.3 is 4.74 Å². The summed E-state index contributed by atoms with van der Waals surface area (Å²) in [5.74, 6) is -0.327. The molecule has 1 fully saturated rings. The van der Waals surface area contributed by atoms with E-state index in [9.17, 15) is 4.79 Å². The van der Waals surface area contributed by atoms with E-state index in [-0.39, 0.29) is 11.8 Å². The summed E-state index contributed by atoms with van der Waals surface area (Å²) in [7, 11) is 0. The van der Waals surface area contributed by atoms with E-state index >= 15 is 0 Å². The van der Waals surface area contributed by atoms with Gasteiger partial charge >= 0.3 is 0 Å². The van der Waals surface area contributed by atoms with Crippen LogP contribution in [0.4, 0.5) is 0 Å². The summed E-state index contributed by atoms with van der Waals surface area (Å²) in [4.78, 5) is 12.4. The van der Waals surface area contributed by atoms with E-state index in [4.69, 9.17) is 4.74 Å². The van der Waals surface area contributed by atoms with Crippen LogP contribution >= 0.6 is 15.9 Å². The first-order valence-corrected chi connectivity index (χ1v) is 8.73. The van der Waals surface area contributed by atoms with Crippen molar-refractivity contribution in [2.24, 2.45) is 11.0 Å². The SMILES string of the molecule is CCO[C@]1(c2ccccc2)C[C@H]1C(=O)N/N=C/c1ccccc1Br. The second-order valence-corrected chi connectivity index (χ2v) is 6.56. The Labute approximate surface area is 150 Å². The lowest BCUT2D eigenvalue weighted by atomic mass is 10.1. The monoisotopic (exact) mass is 386 g/mol. The van der Waals surface area contributed by atoms with Gasteiger partial charge in [-0.1, -0.05) is 64.5 Å². The highest BCUT2D eigenvalue weighted by Crippen LogP contribution is 2.55. The second-order valence-electron chi connectivity index (χ2n) is 5.70. The zero-order valence-electron chi connectivity index (χ0n) is 13.4. The Bertz CT molecular complexity index is 748. The van der Waals surface area contributed by atoms with Crippen LogP contribution in [0.3, 0.4) is 0 Å². The molecule has 0 aromatic heterocycles. The molecule has 0 spiro atoms. The van der Waals surface area contributed by atoms with Crippen LogP contribution in [0, 0.1) is 5.92 Å². The number of hydrogen-bond donors (Lipinski definition) is 1. The van der Waals surface area contributed by atoms with Crippen molar-refractivity contribution in [1.82, 2.24) is 5.43 Å². The summed E-state index contributed by atoms with van der Waals surface area (Å²) >= 11 is 3.45. The predicted octanol–water partition coefficient (Wildman–Crippen LogP) is 3.85. The number of hydrogen-bond acceptors (Lipinski definition) is 3. The highest BCUT2D eigenvalue weighted by Gasteiger charge is 2.60. The van der Waals surface area contributed by atoms with Gasteiger partial charge in [-0.3, -0.25) is 4.79 Å². The molecular weight excluding hydrogens is 368 g/mol. The maximum Gasteiger partial charge on any atom is 0.246 e. The molecule has 5 heteroatoms. The Morgan fingerprint density at radius 1 is 1.29 bits per heavy atom. The highest BCUT2D eigenvalue weighted by atomic mass is 79.9. The number of hydrazone groups is 1. The van der Waals surface area contributed by atoms with Crippen LogP contribution in [0.2, 0.25) is 0 Å². The molecule has 24 heavy (non-hydrogen) atoms. The first-order valence-electron chi connectivity index (χ1n) is 7.94. The van der Waals surface area contributed by atoms with Gasteiger partial charge in [0.25, 0.3) is 0 Å². The minimum absolute atomic E-state index is 0.115. The van der Waals surface area contributed by atoms with Crippen LogP contribution in [0.15, 0.2) is 64.2 Å². The van der Waals surface area contributed by atoms with E-state index in [1.54, 1.807) is 6.21 Å². The number of rotatable bonds is 6. The summed E-state index contributed by atoms with van der Waals surface area (Å²) in [6.07, 6.45) is 2.32. The maximum atomic E-state index is 12.4. The van der Waals surface area contributed by atoms with E-state index in [1.165, 1.54) is 0 Å². The largest absolute Gasteiger partial charge is 0.370 e. The summed E-state index contributed by atoms with van der Waals surface area (Å²) < 4.78 is 6.86. The fourth-order valence-electron chi connectivity index (χ4n) is 2.91. The molecule has 4 nitrogen and oxygen atoms in total. The van der Waals surface area contributed by atoms with Crippen LogP contribution < -0.4 is 5.43 Å². The molecule has 0 saturated heterocycles. The van der Waals surface area contributed by atoms with E-state index in [1.807, 2.05) is 61.5 Å². The molecule has 2 aromatic rings. The molecule has 1 aliphatic carbocycles. The molecular formula is C19H19BrN2O2. The lowest BCUT2D eigenvalue weighted by Gasteiger charge is -2.17. The third-order valence-electron chi connectivity index (χ3n) is 4.17. The van der Waals surface area contributed by atoms with Crippen molar-refractivity contribution in [3.63, 3.8) is 0 Å². The smallest absolute Gasteiger partial charge is 0.246 e. The van der Waals surface area contributed by atoms with Crippen molar-refractivity contribution < 1.29 is 9.53 Å². The number of ether oxygens (including phenoxy) is 1. The lowest BCUT2D eigenvalue weighted by molar-refractivity contribution is -0.124. The Morgan fingerprint density at radius 3 is 2.71 bits per heavy atom. The van der Waals surface area contributed by atoms with E-state index in [0.717, 1.165) is 15.6 Å². The molecule has 0 bridgehead atoms. The average molecular weight is 387 g/mol. The van der Waals surface area contributed by atoms with Crippen LogP contribution in [0.25, 0.3) is 0 Å². The number of carbonyl (C=O) groups excluding carboxylic acids is 1. The molecule has 1 N–H and O–H groups in total. The Balaban J connectivity index is 1.67. The van der Waals surface area contributed by atoms with Crippen molar-refractivity contribution in [1.29, 1.82) is 0 Å². The number of amides is 1. The maximum absolute atomic E-state index is 12.4. The van der Waals surface area contributed by atoms with Crippen molar-refractivity contribution in [3.8, 4) is 0 Å². The van der Waals surface area contributed by atoms with Gasteiger partial charge in [0.2, 0.25) is 5.91 Å². The first-order chi connectivity index (χ1) is 11.7. The fraction of sp³-hybridized carbons (Fsp3) is 0.263. The van der Waals surface area contributed by atoms with E-state index < -0.39 is 5.60 Å². The van der Waals surface area contributed by atoms with Crippen LogP contribution in [0.5, 0.6) is 0 Å². The lowest BCUT2D eigenvalue weighted by Crippen LogP contribution is -2.26. The fourth-order valence-corrected chi connectivity index (χ4v) is 3.30. The normalized spacial score (nSPS) is 22.5. The van der Waals surface area contributed by atoms with Crippen LogP contribution in [-0.4, -0.2) is 18.7 Å². The molecule has 0 radical (unpaired) electrons. The molecule has 1 amide bonds. The molecule has 3 rings (SSSR count). The zero-order chi connectivity index (χ0) is 17.0. The molecule has 124 valence electrons. The van der Waals surface area contributed by atoms with E-state index in [0.29, 0.717) is 13.0 Å². The molecule has 1 saturated carbocycles. The quantitative estimate of drug-likeness (QED) is 0.605. The minimum atomic E-state index is -0.511. The van der Waals surface area contributed by atoms with Crippen molar-refractivity contribution >= 4 is 28.1 Å². The van der Waals surface area contributed by atoms with Gasteiger partial charge in [-0.05, 0) is 25.0 Å². The molecule has 1 aliphatic rings. The Hall–Kier alpha value is -1.98. The van der Waals surface area contributed by atoms with Gasteiger partial charge in [0.1, 0.15) is 5.60 Å². The van der Waals surface area contributed by atoms with Crippen molar-refractivity contribution in [2.45, 2.75) is 18.9 Å². The van der Waals surface area contributed by atoms with Gasteiger partial charge in [0.05, 0.1) is 12.1 Å². The van der Waals surface area contributed by atoms with Gasteiger partial charge in [-0.15, -0.1) is 0 Å². The van der Waals surface area contributed by atoms with Crippen molar-refractivity contribution in [2.75, 3.05) is 6.61 Å². The van der Waals surface area contributed by atoms with Crippen LogP contribution in [-0.2, 0) is 15.1 Å². The summed E-state index contributed by atoms with van der Waals surface area (Å²) in [5.41, 5.74) is 4.08. The highest BCUT2D eigenvalue weighted by molar-refractivity contribution is 9.10. The van der Waals surface area contributed by atoms with Gasteiger partial charge in [-0.25, -0.2) is 5.43 Å². The first kappa shape index (κ1) is 16.9. The second kappa shape index (κ2) is 7.28. The summed E-state index contributed by atoms with van der Waals surface area (Å²) in [6, 6.07) is 17.6. The third kappa shape index (κ3) is 3.42. The molecule has 0 heterocycles. The molecule has 2 aromatic carbocycles. The minimum Gasteiger partial charge on any atom is -0.370 e. The number of carbonyl (C=O) groups is 1. The van der Waals surface area contributed by atoms with Gasteiger partial charge in [-0.2, -0.15) is 5.10 Å². The number of nitrogens with one attached hydrogen (secondary N) is 1. The van der Waals surface area contributed by atoms with Crippen molar-refractivity contribution in [3.05, 3.63) is 70.2 Å². The predicted molar refractivity (Wildman–Crippen MR) is 97.7 cm³/mol. The zero-order valence-corrected chi connectivity index (χ0v) is 15.0. The number of halogens is 1. The molecule has 0 aliphatic heterocycles. The molecule has 2 atom stereocenters. The Morgan fingerprint density at radius 2 is 2.00 bits per heavy atom. The third-order valence-corrected chi connectivity index (χ3v) is 4.90. The van der Waals surface area contributed by atoms with Gasteiger partial charge in [0.15, 0.2) is 0 Å². The Kier molecular flexibility index (Phi) is 5.11.